The van der Waals surface area contributed by atoms with Crippen molar-refractivity contribution < 1.29 is 22.7 Å². The van der Waals surface area contributed by atoms with Crippen molar-refractivity contribution >= 4 is 5.78 Å². The molecule has 0 fully saturated rings. The van der Waals surface area contributed by atoms with Crippen LogP contribution in [0.25, 0.3) is 0 Å². The van der Waals surface area contributed by atoms with Crippen molar-refractivity contribution in [3.63, 3.8) is 0 Å². The number of hydrogen-bond donors (Lipinski definition) is 1. The Kier molecular flexibility index (Phi) is 4.25. The number of nitrogens with two attached hydrogens (primary N) is 1. The SMILES string of the molecule is COCC(N)C(=O)c1ccccc1C(F)(F)F. The van der Waals surface area contributed by atoms with E-state index in [1.165, 1.54) is 19.2 Å². The van der Waals surface area contributed by atoms with Gasteiger partial charge in [-0.3, -0.25) is 4.79 Å². The molecule has 0 aliphatic carbocycles. The molecule has 0 bridgehead atoms. The van der Waals surface area contributed by atoms with Gasteiger partial charge in [0.2, 0.25) is 0 Å². The lowest BCUT2D eigenvalue weighted by Gasteiger charge is -2.14. The van der Waals surface area contributed by atoms with Gasteiger partial charge in [-0.25, -0.2) is 0 Å². The van der Waals surface area contributed by atoms with Crippen LogP contribution in [-0.2, 0) is 10.9 Å². The maximum Gasteiger partial charge on any atom is 0.417 e. The Balaban J connectivity index is 3.10. The Morgan fingerprint density at radius 1 is 1.41 bits per heavy atom. The van der Waals surface area contributed by atoms with Crippen LogP contribution in [0.5, 0.6) is 0 Å². The molecule has 1 unspecified atom stereocenters. The van der Waals surface area contributed by atoms with Crippen molar-refractivity contribution in [2.45, 2.75) is 12.2 Å². The zero-order chi connectivity index (χ0) is 13.1. The van der Waals surface area contributed by atoms with Gasteiger partial charge in [0.15, 0.2) is 5.78 Å². The summed E-state index contributed by atoms with van der Waals surface area (Å²) in [7, 11) is 1.32. The number of rotatable bonds is 4. The van der Waals surface area contributed by atoms with Gasteiger partial charge in [-0.15, -0.1) is 0 Å². The lowest BCUT2D eigenvalue weighted by atomic mass is 9.99. The third-order valence-corrected chi connectivity index (χ3v) is 2.18. The molecular weight excluding hydrogens is 235 g/mol. The standard InChI is InChI=1S/C11H12F3NO2/c1-17-6-9(15)10(16)7-4-2-3-5-8(7)11(12,13)14/h2-5,9H,6,15H2,1H3. The molecule has 0 aliphatic heterocycles. The van der Waals surface area contributed by atoms with Crippen molar-refractivity contribution in [3.05, 3.63) is 35.4 Å². The molecule has 0 aliphatic rings. The van der Waals surface area contributed by atoms with Crippen molar-refractivity contribution in [1.29, 1.82) is 0 Å². The van der Waals surface area contributed by atoms with Crippen LogP contribution in [0, 0.1) is 0 Å². The van der Waals surface area contributed by atoms with Crippen LogP contribution >= 0.6 is 0 Å². The first kappa shape index (κ1) is 13.7. The highest BCUT2D eigenvalue weighted by molar-refractivity contribution is 6.01. The van der Waals surface area contributed by atoms with E-state index in [0.29, 0.717) is 0 Å². The van der Waals surface area contributed by atoms with Crippen LogP contribution < -0.4 is 5.73 Å². The Morgan fingerprint density at radius 2 is 2.00 bits per heavy atom. The maximum atomic E-state index is 12.6. The van der Waals surface area contributed by atoms with Crippen LogP contribution in [0.4, 0.5) is 13.2 Å². The molecule has 1 aromatic carbocycles. The number of carbonyl (C=O) groups is 1. The van der Waals surface area contributed by atoms with Gasteiger partial charge in [-0.1, -0.05) is 18.2 Å². The Morgan fingerprint density at radius 3 is 2.53 bits per heavy atom. The lowest BCUT2D eigenvalue weighted by molar-refractivity contribution is -0.137. The zero-order valence-electron chi connectivity index (χ0n) is 9.12. The first-order chi connectivity index (χ1) is 7.88. The number of ketones is 1. The molecule has 94 valence electrons. The third-order valence-electron chi connectivity index (χ3n) is 2.18. The first-order valence-corrected chi connectivity index (χ1v) is 4.83. The molecule has 3 nitrogen and oxygen atoms in total. The van der Waals surface area contributed by atoms with Crippen LogP contribution in [-0.4, -0.2) is 25.5 Å². The van der Waals surface area contributed by atoms with Gasteiger partial charge >= 0.3 is 6.18 Å². The Bertz CT molecular complexity index is 404. The van der Waals surface area contributed by atoms with Gasteiger partial charge in [-0.2, -0.15) is 13.2 Å². The Hall–Kier alpha value is -1.40. The van der Waals surface area contributed by atoms with Gasteiger partial charge in [-0.05, 0) is 6.07 Å². The molecular formula is C11H12F3NO2. The van der Waals surface area contributed by atoms with E-state index in [1.54, 1.807) is 0 Å². The second kappa shape index (κ2) is 5.29. The maximum absolute atomic E-state index is 12.6. The topological polar surface area (TPSA) is 52.3 Å². The summed E-state index contributed by atoms with van der Waals surface area (Å²) < 4.78 is 42.5. The van der Waals surface area contributed by atoms with E-state index in [1.807, 2.05) is 0 Å². The first-order valence-electron chi connectivity index (χ1n) is 4.83. The van der Waals surface area contributed by atoms with Crippen LogP contribution in [0.1, 0.15) is 15.9 Å². The fourth-order valence-corrected chi connectivity index (χ4v) is 1.40. The minimum absolute atomic E-state index is 0.120. The number of Topliss-reactive ketones (excluding diaryl/α,β-unsaturated/α-hetero) is 1. The van der Waals surface area contributed by atoms with Gasteiger partial charge < -0.3 is 10.5 Å². The summed E-state index contributed by atoms with van der Waals surface area (Å²) in [4.78, 5) is 11.7. The van der Waals surface area contributed by atoms with E-state index in [9.17, 15) is 18.0 Å². The summed E-state index contributed by atoms with van der Waals surface area (Å²) in [5.41, 5.74) is 4.03. The van der Waals surface area contributed by atoms with Crippen molar-refractivity contribution in [2.24, 2.45) is 5.73 Å². The van der Waals surface area contributed by atoms with Gasteiger partial charge in [0, 0.05) is 12.7 Å². The van der Waals surface area contributed by atoms with Crippen molar-refractivity contribution in [3.8, 4) is 0 Å². The Labute approximate surface area is 96.4 Å². The predicted molar refractivity (Wildman–Crippen MR) is 55.6 cm³/mol. The minimum atomic E-state index is -4.57. The fourth-order valence-electron chi connectivity index (χ4n) is 1.40. The van der Waals surface area contributed by atoms with Crippen LogP contribution in [0.15, 0.2) is 24.3 Å². The van der Waals surface area contributed by atoms with E-state index >= 15 is 0 Å². The molecule has 2 N–H and O–H groups in total. The highest BCUT2D eigenvalue weighted by atomic mass is 19.4. The molecule has 0 amide bonds. The molecule has 0 saturated carbocycles. The largest absolute Gasteiger partial charge is 0.417 e. The molecule has 0 saturated heterocycles. The number of halogens is 3. The lowest BCUT2D eigenvalue weighted by Crippen LogP contribution is -2.36. The van der Waals surface area contributed by atoms with Gasteiger partial charge in [0.25, 0.3) is 0 Å². The quantitative estimate of drug-likeness (QED) is 0.826. The van der Waals surface area contributed by atoms with Crippen molar-refractivity contribution in [1.82, 2.24) is 0 Å². The molecule has 1 rings (SSSR count). The second-order valence-corrected chi connectivity index (χ2v) is 3.47. The van der Waals surface area contributed by atoms with Gasteiger partial charge in [0.1, 0.15) is 0 Å². The van der Waals surface area contributed by atoms with Crippen molar-refractivity contribution in [2.75, 3.05) is 13.7 Å². The van der Waals surface area contributed by atoms with E-state index in [0.717, 1.165) is 12.1 Å². The molecule has 1 atom stereocenters. The fraction of sp³-hybridized carbons (Fsp3) is 0.364. The van der Waals surface area contributed by atoms with Gasteiger partial charge in [0.05, 0.1) is 18.2 Å². The summed E-state index contributed by atoms with van der Waals surface area (Å²) >= 11 is 0. The molecule has 17 heavy (non-hydrogen) atoms. The minimum Gasteiger partial charge on any atom is -0.383 e. The summed E-state index contributed by atoms with van der Waals surface area (Å²) in [6, 6.07) is 3.46. The molecule has 0 radical (unpaired) electrons. The molecule has 0 aromatic heterocycles. The monoisotopic (exact) mass is 247 g/mol. The molecule has 6 heteroatoms. The summed E-state index contributed by atoms with van der Waals surface area (Å²) in [5.74, 6) is -0.778. The zero-order valence-corrected chi connectivity index (χ0v) is 9.12. The highest BCUT2D eigenvalue weighted by Crippen LogP contribution is 2.32. The number of benzene rings is 1. The third kappa shape index (κ3) is 3.28. The van der Waals surface area contributed by atoms with Crippen LogP contribution in [0.3, 0.4) is 0 Å². The summed E-state index contributed by atoms with van der Waals surface area (Å²) in [6.45, 7) is -0.120. The highest BCUT2D eigenvalue weighted by Gasteiger charge is 2.35. The number of methoxy groups -OCH3 is 1. The molecule has 1 aromatic rings. The van der Waals surface area contributed by atoms with E-state index in [-0.39, 0.29) is 6.61 Å². The predicted octanol–water partition coefficient (Wildman–Crippen LogP) is 1.86. The smallest absolute Gasteiger partial charge is 0.383 e. The average Bonchev–Trinajstić information content (AvgIpc) is 2.27. The summed E-state index contributed by atoms with van der Waals surface area (Å²) in [5, 5.41) is 0. The van der Waals surface area contributed by atoms with E-state index in [4.69, 9.17) is 5.73 Å². The number of ether oxygens (including phenoxy) is 1. The second-order valence-electron chi connectivity index (χ2n) is 3.47. The molecule has 0 heterocycles. The summed E-state index contributed by atoms with van der Waals surface area (Å²) in [6.07, 6.45) is -4.57. The van der Waals surface area contributed by atoms with E-state index in [2.05, 4.69) is 4.74 Å². The number of carbonyl (C=O) groups excluding carboxylic acids is 1. The number of hydrogen-bond acceptors (Lipinski definition) is 3. The molecule has 0 spiro atoms. The normalized spacial score (nSPS) is 13.5. The van der Waals surface area contributed by atoms with E-state index < -0.39 is 29.1 Å². The number of alkyl halides is 3. The average molecular weight is 247 g/mol. The van der Waals surface area contributed by atoms with Crippen LogP contribution in [0.2, 0.25) is 0 Å².